The summed E-state index contributed by atoms with van der Waals surface area (Å²) >= 11 is 0. The number of amides is 1. The summed E-state index contributed by atoms with van der Waals surface area (Å²) in [5.41, 5.74) is -1.35. The van der Waals surface area contributed by atoms with Crippen molar-refractivity contribution in [2.75, 3.05) is 33.0 Å². The molecule has 0 aliphatic rings. The van der Waals surface area contributed by atoms with Gasteiger partial charge in [-0.15, -0.1) is 0 Å². The van der Waals surface area contributed by atoms with Gasteiger partial charge in [-0.1, -0.05) is 6.92 Å². The van der Waals surface area contributed by atoms with Crippen molar-refractivity contribution in [2.24, 2.45) is 0 Å². The molecule has 0 rings (SSSR count). The summed E-state index contributed by atoms with van der Waals surface area (Å²) in [5.74, 6) is -0.367. The molecule has 1 amide bonds. The van der Waals surface area contributed by atoms with Crippen LogP contribution in [0.5, 0.6) is 0 Å². The minimum atomic E-state index is -1.35. The molecule has 0 radical (unpaired) electrons. The Hall–Kier alpha value is -0.690. The zero-order valence-corrected chi connectivity index (χ0v) is 9.61. The average Bonchev–Trinajstić information content (AvgIpc) is 2.32. The Labute approximate surface area is 95.2 Å². The van der Waals surface area contributed by atoms with Gasteiger partial charge in [-0.05, 0) is 6.42 Å². The van der Waals surface area contributed by atoms with E-state index in [-0.39, 0.29) is 18.9 Å². The number of nitrogens with one attached hydrogen (secondary N) is 1. The highest BCUT2D eigenvalue weighted by Gasteiger charge is 2.29. The molecule has 0 fully saturated rings. The standard InChI is InChI=1S/C10H21NO5/c1-2-4-16-5-3-9(15)11-10(6-12,7-13)8-14/h12-14H,2-8H2,1H3,(H,11,15). The summed E-state index contributed by atoms with van der Waals surface area (Å²) in [6, 6.07) is 0. The Morgan fingerprint density at radius 1 is 1.19 bits per heavy atom. The monoisotopic (exact) mass is 235 g/mol. The van der Waals surface area contributed by atoms with Crippen LogP contribution in [0.1, 0.15) is 19.8 Å². The van der Waals surface area contributed by atoms with Gasteiger partial charge in [0, 0.05) is 13.0 Å². The van der Waals surface area contributed by atoms with Crippen LogP contribution in [0.2, 0.25) is 0 Å². The maximum absolute atomic E-state index is 11.4. The molecule has 16 heavy (non-hydrogen) atoms. The molecule has 0 aliphatic heterocycles. The van der Waals surface area contributed by atoms with E-state index in [1.807, 2.05) is 6.92 Å². The number of ether oxygens (including phenoxy) is 1. The van der Waals surface area contributed by atoms with Gasteiger partial charge < -0.3 is 25.4 Å². The van der Waals surface area contributed by atoms with Crippen molar-refractivity contribution in [1.82, 2.24) is 5.32 Å². The van der Waals surface area contributed by atoms with E-state index < -0.39 is 25.4 Å². The average molecular weight is 235 g/mol. The molecule has 0 bridgehead atoms. The maximum Gasteiger partial charge on any atom is 0.222 e. The first kappa shape index (κ1) is 15.3. The van der Waals surface area contributed by atoms with Gasteiger partial charge in [0.2, 0.25) is 5.91 Å². The van der Waals surface area contributed by atoms with E-state index in [2.05, 4.69) is 5.32 Å². The number of rotatable bonds is 9. The molecule has 0 heterocycles. The minimum Gasteiger partial charge on any atom is -0.394 e. The normalized spacial score (nSPS) is 11.5. The number of aliphatic hydroxyl groups excluding tert-OH is 3. The molecule has 4 N–H and O–H groups in total. The van der Waals surface area contributed by atoms with Crippen LogP contribution in [-0.2, 0) is 9.53 Å². The van der Waals surface area contributed by atoms with E-state index in [9.17, 15) is 4.79 Å². The molecular formula is C10H21NO5. The lowest BCUT2D eigenvalue weighted by atomic mass is 10.0. The predicted molar refractivity (Wildman–Crippen MR) is 57.9 cm³/mol. The van der Waals surface area contributed by atoms with Crippen LogP contribution in [0, 0.1) is 0 Å². The van der Waals surface area contributed by atoms with Crippen LogP contribution >= 0.6 is 0 Å². The SMILES string of the molecule is CCCOCCC(=O)NC(CO)(CO)CO. The van der Waals surface area contributed by atoms with Crippen LogP contribution in [0.25, 0.3) is 0 Å². The van der Waals surface area contributed by atoms with Crippen molar-refractivity contribution in [3.05, 3.63) is 0 Å². The molecule has 0 aromatic carbocycles. The van der Waals surface area contributed by atoms with Gasteiger partial charge in [0.05, 0.1) is 26.4 Å². The highest BCUT2D eigenvalue weighted by Crippen LogP contribution is 2.02. The molecule has 0 atom stereocenters. The van der Waals surface area contributed by atoms with Gasteiger partial charge in [-0.25, -0.2) is 0 Å². The molecular weight excluding hydrogens is 214 g/mol. The minimum absolute atomic E-state index is 0.141. The van der Waals surface area contributed by atoms with Crippen LogP contribution in [-0.4, -0.2) is 59.8 Å². The highest BCUT2D eigenvalue weighted by atomic mass is 16.5. The van der Waals surface area contributed by atoms with E-state index in [4.69, 9.17) is 20.1 Å². The first-order valence-corrected chi connectivity index (χ1v) is 5.35. The van der Waals surface area contributed by atoms with Gasteiger partial charge in [-0.2, -0.15) is 0 Å². The summed E-state index contributed by atoms with van der Waals surface area (Å²) in [5, 5.41) is 29.3. The predicted octanol–water partition coefficient (Wildman–Crippen LogP) is -1.36. The molecule has 0 spiro atoms. The molecule has 6 nitrogen and oxygen atoms in total. The third-order valence-electron chi connectivity index (χ3n) is 2.13. The fourth-order valence-electron chi connectivity index (χ4n) is 1.04. The van der Waals surface area contributed by atoms with Crippen molar-refractivity contribution < 1.29 is 24.9 Å². The molecule has 0 aromatic rings. The summed E-state index contributed by atoms with van der Waals surface area (Å²) < 4.78 is 5.12. The second kappa shape index (κ2) is 8.46. The maximum atomic E-state index is 11.4. The van der Waals surface area contributed by atoms with Crippen molar-refractivity contribution >= 4 is 5.91 Å². The smallest absolute Gasteiger partial charge is 0.222 e. The number of hydrogen-bond acceptors (Lipinski definition) is 5. The number of carbonyl (C=O) groups excluding carboxylic acids is 1. The second-order valence-electron chi connectivity index (χ2n) is 3.67. The third-order valence-corrected chi connectivity index (χ3v) is 2.13. The summed E-state index contributed by atoms with van der Waals surface area (Å²) in [6.45, 7) is 1.31. The van der Waals surface area contributed by atoms with Crippen LogP contribution in [0.3, 0.4) is 0 Å². The van der Waals surface area contributed by atoms with Crippen LogP contribution in [0.15, 0.2) is 0 Å². The van der Waals surface area contributed by atoms with Gasteiger partial charge in [0.1, 0.15) is 5.54 Å². The number of aliphatic hydroxyl groups is 3. The van der Waals surface area contributed by atoms with E-state index in [1.165, 1.54) is 0 Å². The lowest BCUT2D eigenvalue weighted by Crippen LogP contribution is -2.57. The van der Waals surface area contributed by atoms with E-state index >= 15 is 0 Å². The second-order valence-corrected chi connectivity index (χ2v) is 3.67. The van der Waals surface area contributed by atoms with Gasteiger partial charge in [0.15, 0.2) is 0 Å². The van der Waals surface area contributed by atoms with Crippen molar-refractivity contribution in [2.45, 2.75) is 25.3 Å². The van der Waals surface area contributed by atoms with Crippen molar-refractivity contribution in [3.63, 3.8) is 0 Å². The quantitative estimate of drug-likeness (QED) is 0.370. The number of carbonyl (C=O) groups is 1. The lowest BCUT2D eigenvalue weighted by Gasteiger charge is -2.28. The van der Waals surface area contributed by atoms with E-state index in [1.54, 1.807) is 0 Å². The fraction of sp³-hybridized carbons (Fsp3) is 0.900. The van der Waals surface area contributed by atoms with E-state index in [0.717, 1.165) is 6.42 Å². The Kier molecular flexibility index (Phi) is 8.10. The van der Waals surface area contributed by atoms with Crippen molar-refractivity contribution in [3.8, 4) is 0 Å². The molecule has 0 saturated heterocycles. The molecule has 96 valence electrons. The van der Waals surface area contributed by atoms with Gasteiger partial charge in [0.25, 0.3) is 0 Å². The highest BCUT2D eigenvalue weighted by molar-refractivity contribution is 5.76. The van der Waals surface area contributed by atoms with Gasteiger partial charge >= 0.3 is 0 Å². The Morgan fingerprint density at radius 3 is 2.19 bits per heavy atom. The third kappa shape index (κ3) is 5.41. The molecule has 0 aliphatic carbocycles. The largest absolute Gasteiger partial charge is 0.394 e. The lowest BCUT2D eigenvalue weighted by molar-refractivity contribution is -0.126. The summed E-state index contributed by atoms with van der Waals surface area (Å²) in [6.07, 6.45) is 1.03. The number of hydrogen-bond donors (Lipinski definition) is 4. The van der Waals surface area contributed by atoms with Crippen LogP contribution < -0.4 is 5.32 Å². The van der Waals surface area contributed by atoms with E-state index in [0.29, 0.717) is 6.61 Å². The van der Waals surface area contributed by atoms with Crippen LogP contribution in [0.4, 0.5) is 0 Å². The summed E-state index contributed by atoms with van der Waals surface area (Å²) in [4.78, 5) is 11.4. The zero-order valence-electron chi connectivity index (χ0n) is 9.61. The topological polar surface area (TPSA) is 99.0 Å². The first-order valence-electron chi connectivity index (χ1n) is 5.35. The molecule has 6 heteroatoms. The zero-order chi connectivity index (χ0) is 12.4. The Bertz CT molecular complexity index is 185. The van der Waals surface area contributed by atoms with Gasteiger partial charge in [-0.3, -0.25) is 4.79 Å². The van der Waals surface area contributed by atoms with Crippen molar-refractivity contribution in [1.29, 1.82) is 0 Å². The molecule has 0 unspecified atom stereocenters. The Morgan fingerprint density at radius 2 is 1.75 bits per heavy atom. The fourth-order valence-corrected chi connectivity index (χ4v) is 1.04. The molecule has 0 aromatic heterocycles. The molecule has 0 saturated carbocycles. The Balaban J connectivity index is 3.91. The first-order chi connectivity index (χ1) is 7.64. The summed E-state index contributed by atoms with van der Waals surface area (Å²) in [7, 11) is 0.